The van der Waals surface area contributed by atoms with Crippen molar-refractivity contribution in [2.24, 2.45) is 5.92 Å². The van der Waals surface area contributed by atoms with Crippen LogP contribution in [0.25, 0.3) is 0 Å². The van der Waals surface area contributed by atoms with Crippen LogP contribution in [-0.4, -0.2) is 43.7 Å². The first-order valence-corrected chi connectivity index (χ1v) is 8.96. The van der Waals surface area contributed by atoms with Crippen LogP contribution in [0.4, 0.5) is 5.69 Å². The summed E-state index contributed by atoms with van der Waals surface area (Å²) in [4.78, 5) is 5.09. The molecule has 2 aliphatic rings. The van der Waals surface area contributed by atoms with Gasteiger partial charge in [-0.25, -0.2) is 0 Å². The van der Waals surface area contributed by atoms with Gasteiger partial charge in [-0.05, 0) is 56.8 Å². The Morgan fingerprint density at radius 1 is 1.00 bits per heavy atom. The number of anilines is 1. The van der Waals surface area contributed by atoms with Crippen LogP contribution in [0.1, 0.15) is 45.2 Å². The Morgan fingerprint density at radius 3 is 2.23 bits per heavy atom. The zero-order valence-corrected chi connectivity index (χ0v) is 14.4. The fourth-order valence-corrected chi connectivity index (χ4v) is 3.70. The summed E-state index contributed by atoms with van der Waals surface area (Å²) in [5.41, 5.74) is 2.84. The number of hydrogen-bond acceptors (Lipinski definition) is 3. The fourth-order valence-electron chi connectivity index (χ4n) is 3.70. The summed E-state index contributed by atoms with van der Waals surface area (Å²) in [6, 6.07) is 10.5. The van der Waals surface area contributed by atoms with Crippen LogP contribution in [0.5, 0.6) is 0 Å². The number of rotatable bonds is 3. The maximum atomic E-state index is 3.68. The van der Waals surface area contributed by atoms with Gasteiger partial charge in [-0.1, -0.05) is 19.1 Å². The van der Waals surface area contributed by atoms with Crippen LogP contribution in [0.2, 0.25) is 0 Å². The van der Waals surface area contributed by atoms with Crippen LogP contribution in [0.15, 0.2) is 24.3 Å². The average molecular weight is 301 g/mol. The van der Waals surface area contributed by atoms with Crippen molar-refractivity contribution in [2.45, 2.75) is 45.7 Å². The molecule has 2 fully saturated rings. The molecule has 2 aliphatic heterocycles. The summed E-state index contributed by atoms with van der Waals surface area (Å²) in [5, 5.41) is 3.68. The summed E-state index contributed by atoms with van der Waals surface area (Å²) in [6.45, 7) is 12.7. The van der Waals surface area contributed by atoms with Crippen molar-refractivity contribution in [2.75, 3.05) is 37.6 Å². The van der Waals surface area contributed by atoms with Crippen LogP contribution >= 0.6 is 0 Å². The van der Waals surface area contributed by atoms with Gasteiger partial charge >= 0.3 is 0 Å². The van der Waals surface area contributed by atoms with E-state index < -0.39 is 0 Å². The van der Waals surface area contributed by atoms with Crippen molar-refractivity contribution >= 4 is 5.69 Å². The van der Waals surface area contributed by atoms with Gasteiger partial charge in [0, 0.05) is 44.0 Å². The molecule has 0 bridgehead atoms. The van der Waals surface area contributed by atoms with Gasteiger partial charge in [-0.3, -0.25) is 4.90 Å². The molecule has 122 valence electrons. The van der Waals surface area contributed by atoms with E-state index in [-0.39, 0.29) is 0 Å². The van der Waals surface area contributed by atoms with Crippen molar-refractivity contribution < 1.29 is 0 Å². The highest BCUT2D eigenvalue weighted by Gasteiger charge is 2.21. The summed E-state index contributed by atoms with van der Waals surface area (Å²) in [6.07, 6.45) is 2.62. The highest BCUT2D eigenvalue weighted by Crippen LogP contribution is 2.27. The molecule has 2 heterocycles. The van der Waals surface area contributed by atoms with Gasteiger partial charge in [0.2, 0.25) is 0 Å². The predicted octanol–water partition coefficient (Wildman–Crippen LogP) is 3.28. The van der Waals surface area contributed by atoms with Gasteiger partial charge < -0.3 is 10.2 Å². The molecular formula is C19H31N3. The molecule has 3 rings (SSSR count). The van der Waals surface area contributed by atoms with Crippen LogP contribution in [0, 0.1) is 5.92 Å². The van der Waals surface area contributed by atoms with E-state index in [0.717, 1.165) is 25.6 Å². The molecule has 2 saturated heterocycles. The molecule has 0 radical (unpaired) electrons. The third kappa shape index (κ3) is 3.64. The number of hydrogen-bond donors (Lipinski definition) is 1. The quantitative estimate of drug-likeness (QED) is 0.924. The summed E-state index contributed by atoms with van der Waals surface area (Å²) >= 11 is 0. The number of nitrogens with one attached hydrogen (secondary N) is 1. The Bertz CT molecular complexity index is 452. The van der Waals surface area contributed by atoms with Crippen molar-refractivity contribution in [3.63, 3.8) is 0 Å². The minimum absolute atomic E-state index is 0.558. The minimum atomic E-state index is 0.558. The molecule has 1 aromatic carbocycles. The van der Waals surface area contributed by atoms with Crippen LogP contribution < -0.4 is 10.2 Å². The van der Waals surface area contributed by atoms with Crippen molar-refractivity contribution in [3.8, 4) is 0 Å². The molecule has 3 nitrogen and oxygen atoms in total. The largest absolute Gasteiger partial charge is 0.369 e. The molecule has 0 unspecified atom stereocenters. The van der Waals surface area contributed by atoms with Gasteiger partial charge in [0.25, 0.3) is 0 Å². The van der Waals surface area contributed by atoms with E-state index in [0.29, 0.717) is 12.1 Å². The maximum absolute atomic E-state index is 3.68. The van der Waals surface area contributed by atoms with E-state index in [1.165, 1.54) is 37.2 Å². The Kier molecular flexibility index (Phi) is 5.04. The minimum Gasteiger partial charge on any atom is -0.369 e. The fraction of sp³-hybridized carbons (Fsp3) is 0.684. The van der Waals surface area contributed by atoms with E-state index >= 15 is 0 Å². The molecular weight excluding hydrogens is 270 g/mol. The lowest BCUT2D eigenvalue weighted by molar-refractivity contribution is 0.209. The van der Waals surface area contributed by atoms with Crippen LogP contribution in [-0.2, 0) is 0 Å². The second-order valence-electron chi connectivity index (χ2n) is 7.35. The molecule has 2 atom stereocenters. The van der Waals surface area contributed by atoms with Gasteiger partial charge in [0.15, 0.2) is 0 Å². The molecule has 1 aromatic rings. The molecule has 1 N–H and O–H groups in total. The van der Waals surface area contributed by atoms with Crippen LogP contribution in [0.3, 0.4) is 0 Å². The zero-order valence-electron chi connectivity index (χ0n) is 14.4. The molecule has 22 heavy (non-hydrogen) atoms. The first-order chi connectivity index (χ1) is 10.6. The number of benzene rings is 1. The molecule has 0 aromatic heterocycles. The molecule has 0 spiro atoms. The van der Waals surface area contributed by atoms with Gasteiger partial charge in [-0.15, -0.1) is 0 Å². The Balaban J connectivity index is 1.58. The second kappa shape index (κ2) is 7.01. The Labute approximate surface area is 135 Å². The van der Waals surface area contributed by atoms with Crippen molar-refractivity contribution in [1.82, 2.24) is 10.2 Å². The van der Waals surface area contributed by atoms with Gasteiger partial charge in [0.05, 0.1) is 0 Å². The lowest BCUT2D eigenvalue weighted by Crippen LogP contribution is -2.48. The van der Waals surface area contributed by atoms with Gasteiger partial charge in [0.1, 0.15) is 0 Å². The van der Waals surface area contributed by atoms with E-state index in [1.807, 2.05) is 0 Å². The second-order valence-corrected chi connectivity index (χ2v) is 7.35. The summed E-state index contributed by atoms with van der Waals surface area (Å²) < 4.78 is 0. The number of piperazine rings is 1. The molecule has 3 heteroatoms. The highest BCUT2D eigenvalue weighted by molar-refractivity contribution is 5.48. The number of piperidine rings is 1. The Hall–Kier alpha value is -1.06. The average Bonchev–Trinajstić information content (AvgIpc) is 2.56. The highest BCUT2D eigenvalue weighted by atomic mass is 15.3. The lowest BCUT2D eigenvalue weighted by atomic mass is 9.92. The first kappa shape index (κ1) is 15.8. The van der Waals surface area contributed by atoms with E-state index in [4.69, 9.17) is 0 Å². The smallest absolute Gasteiger partial charge is 0.0367 e. The van der Waals surface area contributed by atoms with E-state index in [2.05, 4.69) is 60.2 Å². The third-order valence-corrected chi connectivity index (χ3v) is 5.37. The van der Waals surface area contributed by atoms with Crippen molar-refractivity contribution in [3.05, 3.63) is 29.8 Å². The summed E-state index contributed by atoms with van der Waals surface area (Å²) in [5.74, 6) is 0.827. The lowest BCUT2D eigenvalue weighted by Gasteiger charge is -2.38. The predicted molar refractivity (Wildman–Crippen MR) is 94.5 cm³/mol. The van der Waals surface area contributed by atoms with E-state index in [1.54, 1.807) is 0 Å². The topological polar surface area (TPSA) is 18.5 Å². The maximum Gasteiger partial charge on any atom is 0.0367 e. The standard InChI is InChI=1S/C19H31N3/c1-15(2)21-10-12-22(13-11-21)18-7-5-17(6-8-18)19-9-4-16(3)14-20-19/h5-8,15-16,19-20H,4,9-14H2,1-3H3/t16-,19+/m0/s1. The van der Waals surface area contributed by atoms with Gasteiger partial charge in [-0.2, -0.15) is 0 Å². The normalized spacial score (nSPS) is 27.4. The van der Waals surface area contributed by atoms with E-state index in [9.17, 15) is 0 Å². The molecule has 0 saturated carbocycles. The molecule has 0 amide bonds. The number of nitrogens with zero attached hydrogens (tertiary/aromatic N) is 2. The summed E-state index contributed by atoms with van der Waals surface area (Å²) in [7, 11) is 0. The first-order valence-electron chi connectivity index (χ1n) is 8.96. The Morgan fingerprint density at radius 2 is 1.68 bits per heavy atom. The third-order valence-electron chi connectivity index (χ3n) is 5.37. The van der Waals surface area contributed by atoms with Crippen molar-refractivity contribution in [1.29, 1.82) is 0 Å². The monoisotopic (exact) mass is 301 g/mol. The molecule has 0 aliphatic carbocycles. The SMILES string of the molecule is CC(C)N1CCN(c2ccc([C@H]3CC[C@H](C)CN3)cc2)CC1. The zero-order chi connectivity index (χ0) is 15.5.